The Bertz CT molecular complexity index is 577. The second-order valence-corrected chi connectivity index (χ2v) is 5.66. The molecule has 0 saturated carbocycles. The quantitative estimate of drug-likeness (QED) is 0.714. The summed E-state index contributed by atoms with van der Waals surface area (Å²) in [5, 5.41) is -0.308. The zero-order valence-electron chi connectivity index (χ0n) is 11.8. The van der Waals surface area contributed by atoms with E-state index in [4.69, 9.17) is 11.6 Å². The lowest BCUT2D eigenvalue weighted by Crippen LogP contribution is -2.04. The molecule has 2 aromatic rings. The van der Waals surface area contributed by atoms with Crippen LogP contribution in [0.5, 0.6) is 0 Å². The second kappa shape index (κ2) is 6.71. The molecule has 0 aliphatic carbocycles. The molecule has 0 aliphatic heterocycles. The number of halogens is 1. The lowest BCUT2D eigenvalue weighted by molar-refractivity contribution is -0.112. The lowest BCUT2D eigenvalue weighted by Gasteiger charge is -2.15. The van der Waals surface area contributed by atoms with Crippen molar-refractivity contribution >= 4 is 16.8 Å². The smallest absolute Gasteiger partial charge is 0.228 e. The summed E-state index contributed by atoms with van der Waals surface area (Å²) in [6, 6.07) is 18.6. The van der Waals surface area contributed by atoms with Crippen LogP contribution >= 0.6 is 11.6 Å². The maximum Gasteiger partial charge on any atom is 0.228 e. The fourth-order valence-corrected chi connectivity index (χ4v) is 2.48. The largest absolute Gasteiger partial charge is 0.281 e. The van der Waals surface area contributed by atoms with Crippen LogP contribution < -0.4 is 0 Å². The van der Waals surface area contributed by atoms with Crippen molar-refractivity contribution in [3.63, 3.8) is 0 Å². The normalized spacial score (nSPS) is 13.8. The Hall–Kier alpha value is -1.60. The average Bonchev–Trinajstić information content (AvgIpc) is 2.47. The van der Waals surface area contributed by atoms with Gasteiger partial charge in [0.25, 0.3) is 0 Å². The van der Waals surface area contributed by atoms with Crippen LogP contribution in [-0.2, 0) is 11.2 Å². The van der Waals surface area contributed by atoms with E-state index in [1.165, 1.54) is 11.1 Å². The van der Waals surface area contributed by atoms with Crippen LogP contribution in [0.3, 0.4) is 0 Å². The molecule has 2 atom stereocenters. The minimum Gasteiger partial charge on any atom is -0.281 e. The molecule has 0 aromatic heterocycles. The third kappa shape index (κ3) is 3.71. The van der Waals surface area contributed by atoms with Gasteiger partial charge in [0.15, 0.2) is 0 Å². The molecule has 0 heterocycles. The molecule has 0 bridgehead atoms. The Balaban J connectivity index is 2.16. The van der Waals surface area contributed by atoms with Gasteiger partial charge in [0.05, 0.1) is 5.92 Å². The molecule has 20 heavy (non-hydrogen) atoms. The van der Waals surface area contributed by atoms with Crippen LogP contribution in [-0.4, -0.2) is 5.24 Å². The van der Waals surface area contributed by atoms with Crippen LogP contribution in [0.15, 0.2) is 54.6 Å². The summed E-state index contributed by atoms with van der Waals surface area (Å²) in [5.41, 5.74) is 3.56. The molecule has 0 aliphatic rings. The summed E-state index contributed by atoms with van der Waals surface area (Å²) in [4.78, 5) is 11.3. The predicted octanol–water partition coefficient (Wildman–Crippen LogP) is 4.90. The van der Waals surface area contributed by atoms with Gasteiger partial charge < -0.3 is 0 Å². The van der Waals surface area contributed by atoms with Gasteiger partial charge in [-0.2, -0.15) is 0 Å². The van der Waals surface area contributed by atoms with E-state index in [1.807, 2.05) is 25.1 Å². The van der Waals surface area contributed by atoms with E-state index >= 15 is 0 Å². The summed E-state index contributed by atoms with van der Waals surface area (Å²) in [7, 11) is 0. The number of hydrogen-bond donors (Lipinski definition) is 0. The standard InChI is InChI=1S/C18H19ClO/c1-13(11-15-7-4-3-5-8-15)16-9-6-10-17(12-16)14(2)18(19)20/h3-10,12-14H,11H2,1-2H3. The van der Waals surface area contributed by atoms with Gasteiger partial charge in [0.1, 0.15) is 0 Å². The maximum atomic E-state index is 11.3. The molecule has 104 valence electrons. The van der Waals surface area contributed by atoms with E-state index in [0.717, 1.165) is 12.0 Å². The predicted molar refractivity (Wildman–Crippen MR) is 84.3 cm³/mol. The molecule has 0 spiro atoms. The molecule has 0 amide bonds. The summed E-state index contributed by atoms with van der Waals surface area (Å²) in [5.74, 6) is 0.163. The SMILES string of the molecule is CC(Cc1ccccc1)c1cccc(C(C)C(=O)Cl)c1. The molecule has 2 rings (SSSR count). The van der Waals surface area contributed by atoms with Crippen molar-refractivity contribution in [2.45, 2.75) is 32.1 Å². The third-order valence-electron chi connectivity index (χ3n) is 3.70. The van der Waals surface area contributed by atoms with Crippen molar-refractivity contribution in [1.82, 2.24) is 0 Å². The summed E-state index contributed by atoms with van der Waals surface area (Å²) in [6.07, 6.45) is 0.994. The topological polar surface area (TPSA) is 17.1 Å². The van der Waals surface area contributed by atoms with E-state index in [-0.39, 0.29) is 11.2 Å². The highest BCUT2D eigenvalue weighted by Gasteiger charge is 2.14. The monoisotopic (exact) mass is 286 g/mol. The number of rotatable bonds is 5. The Kier molecular flexibility index (Phi) is 4.97. The van der Waals surface area contributed by atoms with Gasteiger partial charge in [0, 0.05) is 0 Å². The van der Waals surface area contributed by atoms with Gasteiger partial charge in [-0.1, -0.05) is 68.4 Å². The number of benzene rings is 2. The van der Waals surface area contributed by atoms with E-state index in [2.05, 4.69) is 43.3 Å². The summed E-state index contributed by atoms with van der Waals surface area (Å²) >= 11 is 5.59. The number of carbonyl (C=O) groups is 1. The van der Waals surface area contributed by atoms with Crippen molar-refractivity contribution in [1.29, 1.82) is 0 Å². The number of carbonyl (C=O) groups excluding carboxylic acids is 1. The van der Waals surface area contributed by atoms with Crippen LogP contribution in [0.2, 0.25) is 0 Å². The highest BCUT2D eigenvalue weighted by molar-refractivity contribution is 6.64. The molecule has 0 fully saturated rings. The Labute approximate surface area is 125 Å². The maximum absolute atomic E-state index is 11.3. The molecule has 2 unspecified atom stereocenters. The Morgan fingerprint density at radius 2 is 1.65 bits per heavy atom. The molecule has 0 radical (unpaired) electrons. The second-order valence-electron chi connectivity index (χ2n) is 5.29. The van der Waals surface area contributed by atoms with Gasteiger partial charge >= 0.3 is 0 Å². The Morgan fingerprint density at radius 3 is 2.30 bits per heavy atom. The molecule has 0 saturated heterocycles. The van der Waals surface area contributed by atoms with Gasteiger partial charge in [-0.05, 0) is 40.6 Å². The third-order valence-corrected chi connectivity index (χ3v) is 4.03. The first-order chi connectivity index (χ1) is 9.58. The zero-order valence-corrected chi connectivity index (χ0v) is 12.6. The molecular formula is C18H19ClO. The van der Waals surface area contributed by atoms with Gasteiger partial charge in [-0.25, -0.2) is 0 Å². The van der Waals surface area contributed by atoms with Crippen molar-refractivity contribution in [3.8, 4) is 0 Å². The number of hydrogen-bond acceptors (Lipinski definition) is 1. The van der Waals surface area contributed by atoms with Crippen LogP contribution in [0.25, 0.3) is 0 Å². The summed E-state index contributed by atoms with van der Waals surface area (Å²) in [6.45, 7) is 4.05. The zero-order chi connectivity index (χ0) is 14.5. The van der Waals surface area contributed by atoms with Crippen molar-refractivity contribution in [2.24, 2.45) is 0 Å². The van der Waals surface area contributed by atoms with Gasteiger partial charge in [0.2, 0.25) is 5.24 Å². The minimum atomic E-state index is -0.308. The molecule has 0 N–H and O–H groups in total. The van der Waals surface area contributed by atoms with E-state index in [9.17, 15) is 4.79 Å². The molecule has 1 nitrogen and oxygen atoms in total. The fourth-order valence-electron chi connectivity index (χ4n) is 2.35. The first-order valence-electron chi connectivity index (χ1n) is 6.91. The van der Waals surface area contributed by atoms with Crippen LogP contribution in [0.1, 0.15) is 42.4 Å². The lowest BCUT2D eigenvalue weighted by atomic mass is 9.90. The van der Waals surface area contributed by atoms with Crippen LogP contribution in [0, 0.1) is 0 Å². The highest BCUT2D eigenvalue weighted by atomic mass is 35.5. The Morgan fingerprint density at radius 1 is 1.00 bits per heavy atom. The van der Waals surface area contributed by atoms with Crippen molar-refractivity contribution < 1.29 is 4.79 Å². The highest BCUT2D eigenvalue weighted by Crippen LogP contribution is 2.25. The summed E-state index contributed by atoms with van der Waals surface area (Å²) < 4.78 is 0. The molecule has 2 aromatic carbocycles. The first kappa shape index (κ1) is 14.8. The van der Waals surface area contributed by atoms with E-state index < -0.39 is 0 Å². The van der Waals surface area contributed by atoms with E-state index in [1.54, 1.807) is 0 Å². The first-order valence-corrected chi connectivity index (χ1v) is 7.29. The van der Waals surface area contributed by atoms with Crippen molar-refractivity contribution in [2.75, 3.05) is 0 Å². The molecule has 2 heteroatoms. The van der Waals surface area contributed by atoms with Crippen molar-refractivity contribution in [3.05, 3.63) is 71.3 Å². The fraction of sp³-hybridized carbons (Fsp3) is 0.278. The van der Waals surface area contributed by atoms with E-state index in [0.29, 0.717) is 5.92 Å². The molecular weight excluding hydrogens is 268 g/mol. The minimum absolute atomic E-state index is 0.249. The van der Waals surface area contributed by atoms with Crippen LogP contribution in [0.4, 0.5) is 0 Å². The van der Waals surface area contributed by atoms with Gasteiger partial charge in [-0.15, -0.1) is 0 Å². The van der Waals surface area contributed by atoms with Gasteiger partial charge in [-0.3, -0.25) is 4.79 Å². The average molecular weight is 287 g/mol.